The number of benzene rings is 1. The van der Waals surface area contributed by atoms with Crippen molar-refractivity contribution >= 4 is 33.0 Å². The van der Waals surface area contributed by atoms with Gasteiger partial charge in [-0.2, -0.15) is 0 Å². The maximum Gasteiger partial charge on any atom is 0.336 e. The zero-order chi connectivity index (χ0) is 15.6. The van der Waals surface area contributed by atoms with E-state index in [1.165, 1.54) is 30.7 Å². The van der Waals surface area contributed by atoms with Crippen LogP contribution in [0.3, 0.4) is 0 Å². The number of thiophene rings is 1. The van der Waals surface area contributed by atoms with Crippen molar-refractivity contribution in [3.05, 3.63) is 35.2 Å². The Morgan fingerprint density at radius 2 is 2.05 bits per heavy atom. The Balaban J connectivity index is 2.28. The Labute approximate surface area is 124 Å². The summed E-state index contributed by atoms with van der Waals surface area (Å²) in [5, 5.41) is 19.6. The molecule has 0 atom stereocenters. The quantitative estimate of drug-likeness (QED) is 0.773. The first-order valence-corrected chi connectivity index (χ1v) is 7.91. The van der Waals surface area contributed by atoms with Crippen molar-refractivity contribution in [2.45, 2.75) is 4.21 Å². The predicted octanol–water partition coefficient (Wildman–Crippen LogP) is 1.96. The molecule has 0 bridgehead atoms. The van der Waals surface area contributed by atoms with Gasteiger partial charge in [-0.3, -0.25) is 4.72 Å². The van der Waals surface area contributed by atoms with E-state index < -0.39 is 16.0 Å². The molecule has 0 unspecified atom stereocenters. The van der Waals surface area contributed by atoms with Gasteiger partial charge in [-0.1, -0.05) is 0 Å². The van der Waals surface area contributed by atoms with Crippen molar-refractivity contribution in [3.63, 3.8) is 0 Å². The lowest BCUT2D eigenvalue weighted by Crippen LogP contribution is -2.11. The van der Waals surface area contributed by atoms with E-state index >= 15 is 0 Å². The topological polar surface area (TPSA) is 113 Å². The van der Waals surface area contributed by atoms with Crippen molar-refractivity contribution in [3.8, 4) is 11.5 Å². The molecule has 112 valence electrons. The Morgan fingerprint density at radius 1 is 1.33 bits per heavy atom. The van der Waals surface area contributed by atoms with E-state index in [2.05, 4.69) is 4.72 Å². The molecule has 0 radical (unpaired) electrons. The van der Waals surface area contributed by atoms with Crippen molar-refractivity contribution in [2.75, 3.05) is 11.8 Å². The van der Waals surface area contributed by atoms with Crippen LogP contribution in [0, 0.1) is 0 Å². The van der Waals surface area contributed by atoms with Gasteiger partial charge < -0.3 is 14.9 Å². The number of aromatic carboxylic acids is 1. The van der Waals surface area contributed by atoms with E-state index in [0.717, 1.165) is 17.4 Å². The smallest absolute Gasteiger partial charge is 0.336 e. The second-order valence-electron chi connectivity index (χ2n) is 3.95. The number of phenolic OH excluding ortho intramolecular Hbond substituents is 1. The summed E-state index contributed by atoms with van der Waals surface area (Å²) in [6.45, 7) is 0. The number of hydrogen-bond acceptors (Lipinski definition) is 6. The zero-order valence-electron chi connectivity index (χ0n) is 10.7. The molecule has 1 aromatic heterocycles. The maximum absolute atomic E-state index is 12.1. The molecule has 0 amide bonds. The molecule has 0 spiro atoms. The average molecular weight is 329 g/mol. The van der Waals surface area contributed by atoms with Crippen LogP contribution in [0.1, 0.15) is 10.4 Å². The lowest BCUT2D eigenvalue weighted by Gasteiger charge is -2.08. The highest BCUT2D eigenvalue weighted by atomic mass is 32.2. The Hall–Kier alpha value is -2.26. The van der Waals surface area contributed by atoms with Gasteiger partial charge in [0.25, 0.3) is 10.0 Å². The third kappa shape index (κ3) is 3.26. The second kappa shape index (κ2) is 5.62. The summed E-state index contributed by atoms with van der Waals surface area (Å²) < 4.78 is 31.2. The number of carbonyl (C=O) groups is 1. The molecule has 0 aliphatic heterocycles. The highest BCUT2D eigenvalue weighted by Gasteiger charge is 2.19. The summed E-state index contributed by atoms with van der Waals surface area (Å²) in [6, 6.07) is 5.09. The molecular formula is C12H11NO6S2. The number of methoxy groups -OCH3 is 1. The molecule has 0 aliphatic rings. The number of aromatic hydroxyl groups is 1. The van der Waals surface area contributed by atoms with E-state index in [9.17, 15) is 18.3 Å². The summed E-state index contributed by atoms with van der Waals surface area (Å²) in [4.78, 5) is 10.8. The minimum Gasteiger partial charge on any atom is -0.504 e. The number of hydrogen-bond donors (Lipinski definition) is 3. The average Bonchev–Trinajstić information content (AvgIpc) is 2.89. The summed E-state index contributed by atoms with van der Waals surface area (Å²) >= 11 is 0.797. The number of nitrogens with one attached hydrogen (secondary N) is 1. The lowest BCUT2D eigenvalue weighted by molar-refractivity contribution is 0.0697. The van der Waals surface area contributed by atoms with E-state index in [-0.39, 0.29) is 27.0 Å². The molecule has 2 rings (SSSR count). The Morgan fingerprint density at radius 3 is 2.57 bits per heavy atom. The van der Waals surface area contributed by atoms with Gasteiger partial charge in [-0.05, 0) is 18.2 Å². The monoisotopic (exact) mass is 329 g/mol. The summed E-state index contributed by atoms with van der Waals surface area (Å²) in [5.74, 6) is -1.20. The van der Waals surface area contributed by atoms with Gasteiger partial charge in [-0.15, -0.1) is 11.3 Å². The third-order valence-corrected chi connectivity index (χ3v) is 5.34. The molecule has 3 N–H and O–H groups in total. The molecule has 2 aromatic rings. The Kier molecular flexibility index (Phi) is 4.05. The molecule has 7 nitrogen and oxygen atoms in total. The highest BCUT2D eigenvalue weighted by molar-refractivity contribution is 7.94. The van der Waals surface area contributed by atoms with Crippen molar-refractivity contribution in [1.29, 1.82) is 0 Å². The molecule has 9 heteroatoms. The second-order valence-corrected chi connectivity index (χ2v) is 6.77. The zero-order valence-corrected chi connectivity index (χ0v) is 12.4. The summed E-state index contributed by atoms with van der Waals surface area (Å²) in [5.41, 5.74) is 0.0385. The van der Waals surface area contributed by atoms with Crippen LogP contribution in [0.25, 0.3) is 0 Å². The van der Waals surface area contributed by atoms with Crippen LogP contribution in [0.2, 0.25) is 0 Å². The third-order valence-electron chi connectivity index (χ3n) is 2.52. The molecule has 0 saturated heterocycles. The van der Waals surface area contributed by atoms with Gasteiger partial charge in [-0.25, -0.2) is 13.2 Å². The molecule has 21 heavy (non-hydrogen) atoms. The van der Waals surface area contributed by atoms with Gasteiger partial charge >= 0.3 is 5.97 Å². The number of anilines is 1. The van der Waals surface area contributed by atoms with Gasteiger partial charge in [0.1, 0.15) is 4.21 Å². The lowest BCUT2D eigenvalue weighted by atomic mass is 10.3. The maximum atomic E-state index is 12.1. The van der Waals surface area contributed by atoms with Crippen molar-refractivity contribution < 1.29 is 28.2 Å². The molecule has 0 saturated carbocycles. The van der Waals surface area contributed by atoms with E-state index in [0.29, 0.717) is 0 Å². The standard InChI is InChI=1S/C12H11NO6S2/c1-19-10-3-2-8(5-9(10)14)13-21(17,18)11-4-7(6-20-11)12(15)16/h2-6,13-14H,1H3,(H,15,16). The fourth-order valence-corrected chi connectivity index (χ4v) is 3.73. The minimum absolute atomic E-state index is 0.0991. The Bertz CT molecular complexity index is 781. The SMILES string of the molecule is COc1ccc(NS(=O)(=O)c2cc(C(=O)O)cs2)cc1O. The predicted molar refractivity (Wildman–Crippen MR) is 76.7 cm³/mol. The van der Waals surface area contributed by atoms with Crippen molar-refractivity contribution in [1.82, 2.24) is 0 Å². The van der Waals surface area contributed by atoms with Crippen LogP contribution >= 0.6 is 11.3 Å². The van der Waals surface area contributed by atoms with E-state index in [4.69, 9.17) is 9.84 Å². The van der Waals surface area contributed by atoms with Gasteiger partial charge in [0.15, 0.2) is 11.5 Å². The fraction of sp³-hybridized carbons (Fsp3) is 0.0833. The van der Waals surface area contributed by atoms with Crippen LogP contribution < -0.4 is 9.46 Å². The first-order valence-electron chi connectivity index (χ1n) is 5.55. The first-order chi connectivity index (χ1) is 9.83. The number of ether oxygens (including phenoxy) is 1. The number of carboxylic acid groups (broad SMARTS) is 1. The molecular weight excluding hydrogens is 318 g/mol. The fourth-order valence-electron chi connectivity index (χ4n) is 1.53. The minimum atomic E-state index is -3.91. The molecule has 1 heterocycles. The van der Waals surface area contributed by atoms with Crippen molar-refractivity contribution in [2.24, 2.45) is 0 Å². The van der Waals surface area contributed by atoms with Crippen LogP contribution in [0.15, 0.2) is 33.9 Å². The van der Waals surface area contributed by atoms with Crippen LogP contribution in [-0.2, 0) is 10.0 Å². The van der Waals surface area contributed by atoms with Crippen LogP contribution in [0.5, 0.6) is 11.5 Å². The van der Waals surface area contributed by atoms with Gasteiger partial charge in [0, 0.05) is 11.4 Å². The first kappa shape index (κ1) is 15.1. The van der Waals surface area contributed by atoms with Gasteiger partial charge in [0.05, 0.1) is 18.4 Å². The molecule has 1 aromatic carbocycles. The normalized spacial score (nSPS) is 11.1. The number of phenols is 1. The van der Waals surface area contributed by atoms with Gasteiger partial charge in [0.2, 0.25) is 0 Å². The number of carboxylic acids is 1. The number of rotatable bonds is 5. The van der Waals surface area contributed by atoms with Crippen LogP contribution in [-0.4, -0.2) is 31.7 Å². The van der Waals surface area contributed by atoms with E-state index in [1.54, 1.807) is 0 Å². The largest absolute Gasteiger partial charge is 0.504 e. The summed E-state index contributed by atoms with van der Waals surface area (Å²) in [7, 11) is -2.54. The van der Waals surface area contributed by atoms with Crippen LogP contribution in [0.4, 0.5) is 5.69 Å². The van der Waals surface area contributed by atoms with E-state index in [1.807, 2.05) is 0 Å². The highest BCUT2D eigenvalue weighted by Crippen LogP contribution is 2.30. The molecule has 0 aliphatic carbocycles. The molecule has 0 fully saturated rings. The summed E-state index contributed by atoms with van der Waals surface area (Å²) in [6.07, 6.45) is 0. The number of sulfonamides is 1.